The van der Waals surface area contributed by atoms with Crippen molar-refractivity contribution in [1.29, 1.82) is 0 Å². The fourth-order valence-corrected chi connectivity index (χ4v) is 6.13. The van der Waals surface area contributed by atoms with E-state index in [4.69, 9.17) is 0 Å². The molecule has 2 bridgehead atoms. The second-order valence-electron chi connectivity index (χ2n) is 8.87. The molecule has 3 heterocycles. The second-order valence-corrected chi connectivity index (χ2v) is 9.81. The number of piperidine rings is 1. The normalized spacial score (nSPS) is 25.3. The maximum absolute atomic E-state index is 13.2. The SMILES string of the molecule is CC(CC(=O)N1CCC2(O)CCCC1C2)c1c[nH]c2cccc(-c3cccs3)c12. The van der Waals surface area contributed by atoms with Gasteiger partial charge in [0.15, 0.2) is 0 Å². The Morgan fingerprint density at radius 3 is 3.07 bits per heavy atom. The molecule has 5 heteroatoms. The Balaban J connectivity index is 1.39. The summed E-state index contributed by atoms with van der Waals surface area (Å²) in [6, 6.07) is 10.8. The highest BCUT2D eigenvalue weighted by Crippen LogP contribution is 2.40. The highest BCUT2D eigenvalue weighted by Gasteiger charge is 2.42. The minimum atomic E-state index is -0.530. The molecular formula is C24H28N2O2S. The monoisotopic (exact) mass is 408 g/mol. The Labute approximate surface area is 175 Å². The van der Waals surface area contributed by atoms with E-state index < -0.39 is 5.60 Å². The van der Waals surface area contributed by atoms with Crippen molar-refractivity contribution >= 4 is 28.1 Å². The molecule has 5 rings (SSSR count). The van der Waals surface area contributed by atoms with Crippen LogP contribution in [0.1, 0.15) is 56.9 Å². The summed E-state index contributed by atoms with van der Waals surface area (Å²) in [6.07, 6.45) is 7.01. The van der Waals surface area contributed by atoms with Crippen LogP contribution in [0.3, 0.4) is 0 Å². The van der Waals surface area contributed by atoms with Gasteiger partial charge in [0, 0.05) is 46.5 Å². The summed E-state index contributed by atoms with van der Waals surface area (Å²) in [5.74, 6) is 0.371. The molecule has 4 nitrogen and oxygen atoms in total. The molecule has 1 saturated carbocycles. The number of likely N-dealkylation sites (tertiary alicyclic amines) is 1. The lowest BCUT2D eigenvalue weighted by molar-refractivity contribution is -0.144. The van der Waals surface area contributed by atoms with Gasteiger partial charge in [-0.05, 0) is 61.1 Å². The number of nitrogens with one attached hydrogen (secondary N) is 1. The second kappa shape index (κ2) is 7.29. The van der Waals surface area contributed by atoms with E-state index in [0.29, 0.717) is 13.0 Å². The molecule has 0 spiro atoms. The largest absolute Gasteiger partial charge is 0.390 e. The lowest BCUT2D eigenvalue weighted by atomic mass is 9.76. The number of H-pyrrole nitrogens is 1. The Kier molecular flexibility index (Phi) is 4.75. The van der Waals surface area contributed by atoms with Crippen LogP contribution in [0.5, 0.6) is 0 Å². The predicted octanol–water partition coefficient (Wildman–Crippen LogP) is 5.30. The van der Waals surface area contributed by atoms with Crippen LogP contribution in [-0.2, 0) is 4.79 Å². The number of aliphatic hydroxyl groups is 1. The molecule has 3 unspecified atom stereocenters. The third-order valence-corrected chi connectivity index (χ3v) is 7.81. The first-order chi connectivity index (χ1) is 14.0. The number of carbonyl (C=O) groups excluding carboxylic acids is 1. The van der Waals surface area contributed by atoms with Gasteiger partial charge in [-0.15, -0.1) is 11.3 Å². The van der Waals surface area contributed by atoms with Gasteiger partial charge in [-0.3, -0.25) is 4.79 Å². The molecular weight excluding hydrogens is 380 g/mol. The fraction of sp³-hybridized carbons (Fsp3) is 0.458. The number of nitrogens with zero attached hydrogens (tertiary/aromatic N) is 1. The first-order valence-electron chi connectivity index (χ1n) is 10.7. The number of rotatable bonds is 4. The van der Waals surface area contributed by atoms with Crippen molar-refractivity contribution in [3.8, 4) is 10.4 Å². The minimum absolute atomic E-state index is 0.141. The molecule has 1 aliphatic carbocycles. The van der Waals surface area contributed by atoms with Crippen molar-refractivity contribution in [2.45, 2.75) is 63.0 Å². The predicted molar refractivity (Wildman–Crippen MR) is 118 cm³/mol. The van der Waals surface area contributed by atoms with Crippen molar-refractivity contribution in [3.05, 3.63) is 47.5 Å². The zero-order valence-corrected chi connectivity index (χ0v) is 17.7. The summed E-state index contributed by atoms with van der Waals surface area (Å²) in [7, 11) is 0. The topological polar surface area (TPSA) is 56.3 Å². The highest BCUT2D eigenvalue weighted by atomic mass is 32.1. The van der Waals surface area contributed by atoms with E-state index in [-0.39, 0.29) is 17.9 Å². The molecule has 2 fully saturated rings. The first kappa shape index (κ1) is 18.9. The Hall–Kier alpha value is -2.11. The van der Waals surface area contributed by atoms with E-state index in [0.717, 1.165) is 37.6 Å². The van der Waals surface area contributed by atoms with Crippen LogP contribution in [0.2, 0.25) is 0 Å². The van der Waals surface area contributed by atoms with E-state index in [9.17, 15) is 9.90 Å². The molecule has 2 aliphatic rings. The van der Waals surface area contributed by atoms with Crippen molar-refractivity contribution in [2.24, 2.45) is 0 Å². The van der Waals surface area contributed by atoms with Crippen LogP contribution in [0.25, 0.3) is 21.3 Å². The van der Waals surface area contributed by atoms with Gasteiger partial charge >= 0.3 is 0 Å². The van der Waals surface area contributed by atoms with Gasteiger partial charge in [0.2, 0.25) is 5.91 Å². The van der Waals surface area contributed by atoms with Crippen molar-refractivity contribution in [3.63, 3.8) is 0 Å². The van der Waals surface area contributed by atoms with Crippen LogP contribution >= 0.6 is 11.3 Å². The summed E-state index contributed by atoms with van der Waals surface area (Å²) < 4.78 is 0. The average molecular weight is 409 g/mol. The zero-order valence-electron chi connectivity index (χ0n) is 16.9. The highest BCUT2D eigenvalue weighted by molar-refractivity contribution is 7.13. The number of fused-ring (bicyclic) bond motifs is 3. The van der Waals surface area contributed by atoms with Crippen LogP contribution in [0, 0.1) is 0 Å². The van der Waals surface area contributed by atoms with Gasteiger partial charge in [0.25, 0.3) is 0 Å². The van der Waals surface area contributed by atoms with E-state index in [1.54, 1.807) is 11.3 Å². The van der Waals surface area contributed by atoms with Crippen molar-refractivity contribution < 1.29 is 9.90 Å². The van der Waals surface area contributed by atoms with Crippen molar-refractivity contribution in [1.82, 2.24) is 9.88 Å². The van der Waals surface area contributed by atoms with Crippen molar-refractivity contribution in [2.75, 3.05) is 6.54 Å². The Bertz CT molecular complexity index is 1020. The number of hydrogen-bond acceptors (Lipinski definition) is 3. The maximum Gasteiger partial charge on any atom is 0.223 e. The van der Waals surface area contributed by atoms with E-state index in [1.807, 2.05) is 0 Å². The van der Waals surface area contributed by atoms with E-state index >= 15 is 0 Å². The molecule has 1 amide bonds. The van der Waals surface area contributed by atoms with Gasteiger partial charge in [-0.2, -0.15) is 0 Å². The van der Waals surface area contributed by atoms with Gasteiger partial charge in [-0.25, -0.2) is 0 Å². The van der Waals surface area contributed by atoms with Crippen LogP contribution < -0.4 is 0 Å². The number of thiophene rings is 1. The lowest BCUT2D eigenvalue weighted by Gasteiger charge is -2.48. The summed E-state index contributed by atoms with van der Waals surface area (Å²) in [6.45, 7) is 2.86. The van der Waals surface area contributed by atoms with Gasteiger partial charge < -0.3 is 15.0 Å². The molecule has 2 aromatic heterocycles. The molecule has 3 atom stereocenters. The standard InChI is InChI=1S/C24H28N2O2S/c1-16(13-22(27)26-11-10-24(28)9-3-5-17(26)14-24)19-15-25-20-7-2-6-18(23(19)20)21-8-4-12-29-21/h2,4,6-8,12,15-17,25,28H,3,5,9-11,13-14H2,1H3. The summed E-state index contributed by atoms with van der Waals surface area (Å²) >= 11 is 1.75. The minimum Gasteiger partial charge on any atom is -0.390 e. The van der Waals surface area contributed by atoms with Gasteiger partial charge in [-0.1, -0.05) is 25.1 Å². The summed E-state index contributed by atoms with van der Waals surface area (Å²) in [5, 5.41) is 14.0. The number of hydrogen-bond donors (Lipinski definition) is 2. The Morgan fingerprint density at radius 1 is 1.34 bits per heavy atom. The first-order valence-corrected chi connectivity index (χ1v) is 11.6. The summed E-state index contributed by atoms with van der Waals surface area (Å²) in [5.41, 5.74) is 3.05. The zero-order chi connectivity index (χ0) is 20.0. The number of benzene rings is 1. The smallest absolute Gasteiger partial charge is 0.223 e. The number of carbonyl (C=O) groups is 1. The van der Waals surface area contributed by atoms with Gasteiger partial charge in [0.1, 0.15) is 0 Å². The molecule has 1 saturated heterocycles. The van der Waals surface area contributed by atoms with Crippen LogP contribution in [0.4, 0.5) is 0 Å². The molecule has 2 N–H and O–H groups in total. The van der Waals surface area contributed by atoms with Gasteiger partial charge in [0.05, 0.1) is 5.60 Å². The van der Waals surface area contributed by atoms with Crippen LogP contribution in [-0.4, -0.2) is 39.1 Å². The molecule has 152 valence electrons. The maximum atomic E-state index is 13.2. The third kappa shape index (κ3) is 3.40. The van der Waals surface area contributed by atoms with E-state index in [1.165, 1.54) is 21.4 Å². The number of amides is 1. The lowest BCUT2D eigenvalue weighted by Crippen LogP contribution is -2.55. The number of aromatic nitrogens is 1. The molecule has 3 aromatic rings. The quantitative estimate of drug-likeness (QED) is 0.616. The molecule has 1 aromatic carbocycles. The fourth-order valence-electron chi connectivity index (χ4n) is 5.37. The summed E-state index contributed by atoms with van der Waals surface area (Å²) in [4.78, 5) is 19.9. The van der Waals surface area contributed by atoms with E-state index in [2.05, 4.69) is 58.7 Å². The average Bonchev–Trinajstić information content (AvgIpc) is 3.37. The molecule has 1 aliphatic heterocycles. The van der Waals surface area contributed by atoms with Crippen LogP contribution in [0.15, 0.2) is 41.9 Å². The number of aromatic amines is 1. The third-order valence-electron chi connectivity index (χ3n) is 6.91. The Morgan fingerprint density at radius 2 is 2.24 bits per heavy atom. The molecule has 0 radical (unpaired) electrons. The molecule has 29 heavy (non-hydrogen) atoms.